The highest BCUT2D eigenvalue weighted by Gasteiger charge is 2.36. The fourth-order valence-corrected chi connectivity index (χ4v) is 6.31. The zero-order chi connectivity index (χ0) is 26.5. The fourth-order valence-electron chi connectivity index (χ4n) is 6.31. The lowest BCUT2D eigenvalue weighted by Crippen LogP contribution is -2.51. The van der Waals surface area contributed by atoms with Crippen LogP contribution in [0.15, 0.2) is 46.9 Å². The number of hydrogen-bond acceptors (Lipinski definition) is 6. The number of ether oxygens (including phenoxy) is 3. The maximum atomic E-state index is 14.4. The lowest BCUT2D eigenvalue weighted by molar-refractivity contribution is 0.0552. The third-order valence-corrected chi connectivity index (χ3v) is 8.24. The molecule has 0 bridgehead atoms. The van der Waals surface area contributed by atoms with Crippen LogP contribution in [0.2, 0.25) is 0 Å². The first-order valence-corrected chi connectivity index (χ1v) is 13.9. The number of para-hydroxylation sites is 1. The Morgan fingerprint density at radius 3 is 2.34 bits per heavy atom. The summed E-state index contributed by atoms with van der Waals surface area (Å²) in [6, 6.07) is 13.9. The predicted molar refractivity (Wildman–Crippen MR) is 148 cm³/mol. The molecule has 7 nitrogen and oxygen atoms in total. The molecule has 1 aliphatic carbocycles. The van der Waals surface area contributed by atoms with Crippen LogP contribution in [-0.4, -0.2) is 50.8 Å². The number of fused-ring (bicyclic) bond motifs is 1. The fraction of sp³-hybridized carbons (Fsp3) is 0.516. The van der Waals surface area contributed by atoms with Crippen LogP contribution in [0.3, 0.4) is 0 Å². The SMILES string of the molecule is COc1cc(C(=O)N(Cc2cc3ccccc3o2)[C@@H](CC2CCCCC2)C2CCCN2)cc(OC)c1OC. The summed E-state index contributed by atoms with van der Waals surface area (Å²) in [7, 11) is 4.72. The molecule has 7 heteroatoms. The van der Waals surface area contributed by atoms with Gasteiger partial charge in [0, 0.05) is 23.0 Å². The number of carbonyl (C=O) groups excluding carboxylic acids is 1. The van der Waals surface area contributed by atoms with Gasteiger partial charge >= 0.3 is 0 Å². The van der Waals surface area contributed by atoms with Crippen LogP contribution >= 0.6 is 0 Å². The van der Waals surface area contributed by atoms with Crippen LogP contribution in [0.1, 0.15) is 67.5 Å². The van der Waals surface area contributed by atoms with Gasteiger partial charge in [-0.15, -0.1) is 0 Å². The van der Waals surface area contributed by atoms with Gasteiger partial charge in [-0.1, -0.05) is 50.3 Å². The molecule has 0 radical (unpaired) electrons. The molecule has 38 heavy (non-hydrogen) atoms. The second-order valence-corrected chi connectivity index (χ2v) is 10.6. The van der Waals surface area contributed by atoms with Gasteiger partial charge in [0.15, 0.2) is 11.5 Å². The highest BCUT2D eigenvalue weighted by molar-refractivity contribution is 5.96. The smallest absolute Gasteiger partial charge is 0.254 e. The van der Waals surface area contributed by atoms with Crippen molar-refractivity contribution in [3.63, 3.8) is 0 Å². The van der Waals surface area contributed by atoms with Crippen molar-refractivity contribution in [3.05, 3.63) is 53.8 Å². The highest BCUT2D eigenvalue weighted by atomic mass is 16.5. The number of rotatable bonds is 10. The maximum Gasteiger partial charge on any atom is 0.254 e. The summed E-state index contributed by atoms with van der Waals surface area (Å²) < 4.78 is 22.9. The number of furan rings is 1. The van der Waals surface area contributed by atoms with E-state index < -0.39 is 0 Å². The van der Waals surface area contributed by atoms with Crippen LogP contribution in [0.25, 0.3) is 11.0 Å². The molecular formula is C31H40N2O5. The molecule has 1 unspecified atom stereocenters. The second-order valence-electron chi connectivity index (χ2n) is 10.6. The van der Waals surface area contributed by atoms with Crippen molar-refractivity contribution < 1.29 is 23.4 Å². The van der Waals surface area contributed by atoms with Gasteiger partial charge in [-0.25, -0.2) is 0 Å². The number of nitrogens with one attached hydrogen (secondary N) is 1. The van der Waals surface area contributed by atoms with Crippen LogP contribution in [0.4, 0.5) is 0 Å². The van der Waals surface area contributed by atoms with Crippen molar-refractivity contribution >= 4 is 16.9 Å². The van der Waals surface area contributed by atoms with Crippen molar-refractivity contribution in [1.29, 1.82) is 0 Å². The number of benzene rings is 2. The molecule has 3 aromatic rings. The van der Waals surface area contributed by atoms with Gasteiger partial charge in [0.1, 0.15) is 11.3 Å². The summed E-state index contributed by atoms with van der Waals surface area (Å²) in [5.41, 5.74) is 1.35. The van der Waals surface area contributed by atoms with Gasteiger partial charge in [0.2, 0.25) is 5.75 Å². The Bertz CT molecular complexity index is 1170. The predicted octanol–water partition coefficient (Wildman–Crippen LogP) is 6.19. The van der Waals surface area contributed by atoms with E-state index in [-0.39, 0.29) is 18.0 Å². The average Bonchev–Trinajstić information content (AvgIpc) is 3.64. The Labute approximate surface area is 225 Å². The maximum absolute atomic E-state index is 14.4. The minimum absolute atomic E-state index is 0.0559. The number of hydrogen-bond donors (Lipinski definition) is 1. The molecule has 2 aromatic carbocycles. The third kappa shape index (κ3) is 5.63. The standard InChI is InChI=1S/C31H40N2O5/c1-35-28-18-23(19-29(36-2)30(28)37-3)31(34)33(20-24-17-22-12-7-8-14-27(22)38-24)26(25-13-9-15-32-25)16-21-10-5-4-6-11-21/h7-8,12,14,17-19,21,25-26,32H,4-6,9-11,13,15-16,20H2,1-3H3/t25?,26-/m0/s1. The van der Waals surface area contributed by atoms with Crippen LogP contribution in [-0.2, 0) is 6.54 Å². The van der Waals surface area contributed by atoms with Crippen molar-refractivity contribution in [2.45, 2.75) is 70.0 Å². The largest absolute Gasteiger partial charge is 0.493 e. The number of nitrogens with zero attached hydrogens (tertiary/aromatic N) is 1. The third-order valence-electron chi connectivity index (χ3n) is 8.24. The first-order valence-electron chi connectivity index (χ1n) is 13.9. The Balaban J connectivity index is 1.55. The summed E-state index contributed by atoms with van der Waals surface area (Å²) in [5, 5.41) is 4.76. The normalized spacial score (nSPS) is 18.9. The van der Waals surface area contributed by atoms with Gasteiger partial charge < -0.3 is 28.8 Å². The number of amides is 1. The topological polar surface area (TPSA) is 73.2 Å². The molecule has 1 aromatic heterocycles. The van der Waals surface area contributed by atoms with Gasteiger partial charge in [0.25, 0.3) is 5.91 Å². The van der Waals surface area contributed by atoms with Crippen molar-refractivity contribution in [1.82, 2.24) is 10.2 Å². The summed E-state index contributed by atoms with van der Waals surface area (Å²) in [5.74, 6) is 2.79. The molecule has 1 amide bonds. The Hall–Kier alpha value is -3.19. The van der Waals surface area contributed by atoms with E-state index in [1.807, 2.05) is 29.2 Å². The van der Waals surface area contributed by atoms with Crippen LogP contribution in [0.5, 0.6) is 17.2 Å². The zero-order valence-electron chi connectivity index (χ0n) is 22.8. The second kappa shape index (κ2) is 12.1. The summed E-state index contributed by atoms with van der Waals surface area (Å²) in [6.07, 6.45) is 9.53. The van der Waals surface area contributed by atoms with E-state index in [9.17, 15) is 4.79 Å². The van der Waals surface area contributed by atoms with E-state index in [0.717, 1.165) is 42.5 Å². The molecule has 2 aliphatic rings. The molecule has 1 N–H and O–H groups in total. The molecule has 2 fully saturated rings. The molecule has 5 rings (SSSR count). The van der Waals surface area contributed by atoms with Gasteiger partial charge in [0.05, 0.1) is 27.9 Å². The molecule has 1 saturated heterocycles. The minimum Gasteiger partial charge on any atom is -0.493 e. The van der Waals surface area contributed by atoms with E-state index in [2.05, 4.69) is 11.4 Å². The van der Waals surface area contributed by atoms with E-state index >= 15 is 0 Å². The summed E-state index contributed by atoms with van der Waals surface area (Å²) >= 11 is 0. The average molecular weight is 521 g/mol. The van der Waals surface area contributed by atoms with Crippen LogP contribution < -0.4 is 19.5 Å². The highest BCUT2D eigenvalue weighted by Crippen LogP contribution is 2.39. The Morgan fingerprint density at radius 1 is 0.974 bits per heavy atom. The molecule has 2 atom stereocenters. The quantitative estimate of drug-likeness (QED) is 0.344. The van der Waals surface area contributed by atoms with E-state index in [4.69, 9.17) is 18.6 Å². The van der Waals surface area contributed by atoms with Crippen LogP contribution in [0, 0.1) is 5.92 Å². The Kier molecular flexibility index (Phi) is 8.42. The van der Waals surface area contributed by atoms with Gasteiger partial charge in [-0.3, -0.25) is 4.79 Å². The monoisotopic (exact) mass is 520 g/mol. The molecule has 2 heterocycles. The summed E-state index contributed by atoms with van der Waals surface area (Å²) in [6.45, 7) is 1.39. The molecule has 1 saturated carbocycles. The van der Waals surface area contributed by atoms with Gasteiger partial charge in [-0.05, 0) is 56.0 Å². The first kappa shape index (κ1) is 26.4. The summed E-state index contributed by atoms with van der Waals surface area (Å²) in [4.78, 5) is 16.5. The molecule has 1 aliphatic heterocycles. The molecule has 204 valence electrons. The minimum atomic E-state index is -0.0563. The molecule has 0 spiro atoms. The Morgan fingerprint density at radius 2 is 1.71 bits per heavy atom. The lowest BCUT2D eigenvalue weighted by Gasteiger charge is -2.38. The first-order chi connectivity index (χ1) is 18.6. The van der Waals surface area contributed by atoms with Gasteiger partial charge in [-0.2, -0.15) is 0 Å². The van der Waals surface area contributed by atoms with Crippen molar-refractivity contribution in [2.24, 2.45) is 5.92 Å². The lowest BCUT2D eigenvalue weighted by atomic mass is 9.82. The zero-order valence-corrected chi connectivity index (χ0v) is 22.8. The van der Waals surface area contributed by atoms with Crippen molar-refractivity contribution in [2.75, 3.05) is 27.9 Å². The molecular weight excluding hydrogens is 480 g/mol. The van der Waals surface area contributed by atoms with E-state index in [1.54, 1.807) is 33.5 Å². The van der Waals surface area contributed by atoms with Crippen molar-refractivity contribution in [3.8, 4) is 17.2 Å². The van der Waals surface area contributed by atoms with E-state index in [0.29, 0.717) is 35.3 Å². The number of carbonyl (C=O) groups is 1. The van der Waals surface area contributed by atoms with E-state index in [1.165, 1.54) is 32.1 Å². The number of methoxy groups -OCH3 is 3.